The summed E-state index contributed by atoms with van der Waals surface area (Å²) in [5.41, 5.74) is 3.29. The molecule has 4 heteroatoms. The molecule has 2 aliphatic rings. The summed E-state index contributed by atoms with van der Waals surface area (Å²) in [6.45, 7) is 5.11. The van der Waals surface area contributed by atoms with Crippen LogP contribution in [0, 0.1) is 0 Å². The first-order chi connectivity index (χ1) is 12.8. The predicted molar refractivity (Wildman–Crippen MR) is 103 cm³/mol. The van der Waals surface area contributed by atoms with Crippen molar-refractivity contribution in [1.29, 1.82) is 0 Å². The molecule has 1 fully saturated rings. The molecule has 136 valence electrons. The van der Waals surface area contributed by atoms with Gasteiger partial charge in [0.2, 0.25) is 0 Å². The third-order valence-corrected chi connectivity index (χ3v) is 5.42. The van der Waals surface area contributed by atoms with Crippen molar-refractivity contribution in [3.8, 4) is 0 Å². The Hall–Kier alpha value is -2.33. The second-order valence-corrected chi connectivity index (χ2v) is 7.16. The maximum atomic E-state index is 12.6. The second-order valence-electron chi connectivity index (χ2n) is 7.16. The quantitative estimate of drug-likeness (QED) is 0.761. The third kappa shape index (κ3) is 3.21. The molecule has 2 aromatic carbocycles. The summed E-state index contributed by atoms with van der Waals surface area (Å²) < 4.78 is 5.97. The van der Waals surface area contributed by atoms with Crippen molar-refractivity contribution in [3.63, 3.8) is 0 Å². The van der Waals surface area contributed by atoms with Crippen LogP contribution < -0.4 is 4.90 Å². The Morgan fingerprint density at radius 2 is 1.88 bits per heavy atom. The summed E-state index contributed by atoms with van der Waals surface area (Å²) in [5.74, 6) is -0.216. The highest BCUT2D eigenvalue weighted by molar-refractivity contribution is 5.89. The van der Waals surface area contributed by atoms with Gasteiger partial charge in [-0.1, -0.05) is 49.7 Å². The van der Waals surface area contributed by atoms with Crippen molar-refractivity contribution in [3.05, 3.63) is 65.7 Å². The summed E-state index contributed by atoms with van der Waals surface area (Å²) in [4.78, 5) is 17.5. The maximum absolute atomic E-state index is 12.6. The lowest BCUT2D eigenvalue weighted by molar-refractivity contribution is 0.0183. The third-order valence-electron chi connectivity index (χ3n) is 5.42. The number of anilines is 1. The van der Waals surface area contributed by atoms with E-state index >= 15 is 0 Å². The van der Waals surface area contributed by atoms with Crippen LogP contribution in [0.25, 0.3) is 0 Å². The van der Waals surface area contributed by atoms with Crippen LogP contribution in [0.3, 0.4) is 0 Å². The molecule has 2 unspecified atom stereocenters. The number of fused-ring (bicyclic) bond motifs is 2. The number of para-hydroxylation sites is 1. The minimum atomic E-state index is -0.216. The number of unbranched alkanes of at least 4 members (excludes halogenated alkanes) is 1. The maximum Gasteiger partial charge on any atom is 0.338 e. The average Bonchev–Trinajstić information content (AvgIpc) is 3.08. The molecule has 4 rings (SSSR count). The molecular formula is C22H26N2O2. The van der Waals surface area contributed by atoms with Gasteiger partial charge in [0.05, 0.1) is 5.56 Å². The normalized spacial score (nSPS) is 22.0. The van der Waals surface area contributed by atoms with Gasteiger partial charge >= 0.3 is 5.97 Å². The van der Waals surface area contributed by atoms with Crippen molar-refractivity contribution in [2.75, 3.05) is 18.0 Å². The highest BCUT2D eigenvalue weighted by atomic mass is 16.5. The van der Waals surface area contributed by atoms with Gasteiger partial charge in [-0.25, -0.2) is 4.79 Å². The molecule has 2 heterocycles. The highest BCUT2D eigenvalue weighted by Gasteiger charge is 2.43. The van der Waals surface area contributed by atoms with Crippen LogP contribution >= 0.6 is 0 Å². The summed E-state index contributed by atoms with van der Waals surface area (Å²) in [7, 11) is 0. The van der Waals surface area contributed by atoms with E-state index in [1.54, 1.807) is 0 Å². The van der Waals surface area contributed by atoms with Gasteiger partial charge < -0.3 is 9.64 Å². The van der Waals surface area contributed by atoms with Gasteiger partial charge in [0.15, 0.2) is 0 Å². The SMILES string of the molecule is CCCCN1c2ccccc2CN2CCC(OC(=O)c3ccccc3)C21. The fourth-order valence-electron chi connectivity index (χ4n) is 4.15. The van der Waals surface area contributed by atoms with Gasteiger partial charge in [-0.2, -0.15) is 0 Å². The predicted octanol–water partition coefficient (Wildman–Crippen LogP) is 4.06. The number of benzene rings is 2. The first-order valence-electron chi connectivity index (χ1n) is 9.62. The van der Waals surface area contributed by atoms with Gasteiger partial charge in [0.25, 0.3) is 0 Å². The molecule has 2 aromatic rings. The zero-order chi connectivity index (χ0) is 17.9. The van der Waals surface area contributed by atoms with Crippen LogP contribution in [-0.2, 0) is 11.3 Å². The highest BCUT2D eigenvalue weighted by Crippen LogP contribution is 2.37. The van der Waals surface area contributed by atoms with Crippen molar-refractivity contribution in [1.82, 2.24) is 4.90 Å². The Bertz CT molecular complexity index is 762. The molecule has 0 bridgehead atoms. The number of ether oxygens (including phenoxy) is 1. The van der Waals surface area contributed by atoms with Gasteiger partial charge in [0.1, 0.15) is 12.3 Å². The zero-order valence-electron chi connectivity index (χ0n) is 15.3. The van der Waals surface area contributed by atoms with Crippen LogP contribution in [0.1, 0.15) is 42.1 Å². The number of carbonyl (C=O) groups is 1. The van der Waals surface area contributed by atoms with Crippen molar-refractivity contribution in [2.24, 2.45) is 0 Å². The van der Waals surface area contributed by atoms with E-state index in [0.29, 0.717) is 5.56 Å². The van der Waals surface area contributed by atoms with Gasteiger partial charge in [-0.05, 0) is 30.2 Å². The monoisotopic (exact) mass is 350 g/mol. The van der Waals surface area contributed by atoms with Gasteiger partial charge in [0, 0.05) is 31.7 Å². The van der Waals surface area contributed by atoms with Crippen molar-refractivity contribution < 1.29 is 9.53 Å². The number of esters is 1. The fraction of sp³-hybridized carbons (Fsp3) is 0.409. The van der Waals surface area contributed by atoms with Crippen LogP contribution in [0.5, 0.6) is 0 Å². The van der Waals surface area contributed by atoms with E-state index in [1.165, 1.54) is 11.3 Å². The smallest absolute Gasteiger partial charge is 0.338 e. The number of hydrogen-bond donors (Lipinski definition) is 0. The molecule has 0 aromatic heterocycles. The molecule has 0 saturated carbocycles. The lowest BCUT2D eigenvalue weighted by atomic mass is 10.1. The first-order valence-corrected chi connectivity index (χ1v) is 9.62. The molecule has 0 amide bonds. The topological polar surface area (TPSA) is 32.8 Å². The summed E-state index contributed by atoms with van der Waals surface area (Å²) in [6.07, 6.45) is 3.23. The number of hydrogen-bond acceptors (Lipinski definition) is 4. The van der Waals surface area contributed by atoms with E-state index in [1.807, 2.05) is 30.3 Å². The van der Waals surface area contributed by atoms with E-state index in [2.05, 4.69) is 41.0 Å². The lowest BCUT2D eigenvalue weighted by Crippen LogP contribution is -2.54. The second kappa shape index (κ2) is 7.50. The van der Waals surface area contributed by atoms with E-state index < -0.39 is 0 Å². The molecule has 2 atom stereocenters. The average molecular weight is 350 g/mol. The lowest BCUT2D eigenvalue weighted by Gasteiger charge is -2.44. The standard InChI is InChI=1S/C22H26N2O2/c1-2-3-14-24-19-12-8-7-11-18(19)16-23-15-13-20(21(23)24)26-22(25)17-9-5-4-6-10-17/h4-12,20-21H,2-3,13-16H2,1H3. The fourth-order valence-corrected chi connectivity index (χ4v) is 4.15. The van der Waals surface area contributed by atoms with Crippen molar-refractivity contribution >= 4 is 11.7 Å². The van der Waals surface area contributed by atoms with Crippen LogP contribution in [0.4, 0.5) is 5.69 Å². The largest absolute Gasteiger partial charge is 0.455 e. The molecular weight excluding hydrogens is 324 g/mol. The Kier molecular flexibility index (Phi) is 4.93. The molecule has 26 heavy (non-hydrogen) atoms. The first kappa shape index (κ1) is 17.1. The van der Waals surface area contributed by atoms with E-state index in [-0.39, 0.29) is 18.2 Å². The minimum absolute atomic E-state index is 0.0899. The molecule has 0 aliphatic carbocycles. The minimum Gasteiger partial charge on any atom is -0.455 e. The molecule has 0 N–H and O–H groups in total. The van der Waals surface area contributed by atoms with E-state index in [0.717, 1.165) is 38.9 Å². The van der Waals surface area contributed by atoms with Crippen LogP contribution in [0.2, 0.25) is 0 Å². The number of nitrogens with zero attached hydrogens (tertiary/aromatic N) is 2. The molecule has 1 saturated heterocycles. The van der Waals surface area contributed by atoms with Gasteiger partial charge in [-0.3, -0.25) is 4.90 Å². The molecule has 4 nitrogen and oxygen atoms in total. The molecule has 0 radical (unpaired) electrons. The zero-order valence-corrected chi connectivity index (χ0v) is 15.3. The van der Waals surface area contributed by atoms with Crippen molar-refractivity contribution in [2.45, 2.75) is 45.0 Å². The summed E-state index contributed by atoms with van der Waals surface area (Å²) in [6, 6.07) is 17.9. The molecule has 2 aliphatic heterocycles. The van der Waals surface area contributed by atoms with Crippen LogP contribution in [0.15, 0.2) is 54.6 Å². The summed E-state index contributed by atoms with van der Waals surface area (Å²) >= 11 is 0. The number of rotatable bonds is 5. The Morgan fingerprint density at radius 1 is 1.12 bits per heavy atom. The number of carbonyl (C=O) groups excluding carboxylic acids is 1. The molecule has 0 spiro atoms. The van der Waals surface area contributed by atoms with Crippen LogP contribution in [-0.4, -0.2) is 36.2 Å². The Balaban J connectivity index is 1.58. The van der Waals surface area contributed by atoms with Gasteiger partial charge in [-0.15, -0.1) is 0 Å². The Labute approximate surface area is 155 Å². The van der Waals surface area contributed by atoms with E-state index in [4.69, 9.17) is 4.74 Å². The Morgan fingerprint density at radius 3 is 2.69 bits per heavy atom. The van der Waals surface area contributed by atoms with E-state index in [9.17, 15) is 4.79 Å². The summed E-state index contributed by atoms with van der Waals surface area (Å²) in [5, 5.41) is 0.